The molecule has 4 aromatic rings. The Morgan fingerprint density at radius 3 is 2.31 bits per heavy atom. The van der Waals surface area contributed by atoms with Gasteiger partial charge in [0.25, 0.3) is 0 Å². The van der Waals surface area contributed by atoms with E-state index in [0.717, 1.165) is 22.6 Å². The summed E-state index contributed by atoms with van der Waals surface area (Å²) in [5, 5.41) is 9.30. The highest BCUT2D eigenvalue weighted by atomic mass is 32.2. The smallest absolute Gasteiger partial charge is 0.196 e. The molecular weight excluding hydrogens is 388 g/mol. The molecule has 0 saturated carbocycles. The zero-order valence-electron chi connectivity index (χ0n) is 15.8. The first-order chi connectivity index (χ1) is 14.1. The molecular formula is C23H19F2N3S. The molecule has 0 atom stereocenters. The van der Waals surface area contributed by atoms with Crippen molar-refractivity contribution in [3.63, 3.8) is 0 Å². The van der Waals surface area contributed by atoms with E-state index in [0.29, 0.717) is 11.6 Å². The Morgan fingerprint density at radius 1 is 0.862 bits per heavy atom. The summed E-state index contributed by atoms with van der Waals surface area (Å²) in [5.41, 5.74) is 3.20. The van der Waals surface area contributed by atoms with Crippen LogP contribution >= 0.6 is 11.8 Å². The standard InChI is InChI=1S/C23H19F2N3S/c1-16-7-5-10-18(13-16)28-22(14-17-8-3-2-4-9-17)26-27-23(28)29-15-19-20(24)11-6-12-21(19)25/h2-13H,14-15H2,1H3. The summed E-state index contributed by atoms with van der Waals surface area (Å²) >= 11 is 1.27. The molecule has 0 unspecified atom stereocenters. The number of nitrogens with zero attached hydrogens (tertiary/aromatic N) is 3. The topological polar surface area (TPSA) is 30.7 Å². The predicted octanol–water partition coefficient (Wildman–Crippen LogP) is 5.74. The number of hydrogen-bond acceptors (Lipinski definition) is 3. The second-order valence-electron chi connectivity index (χ2n) is 6.72. The van der Waals surface area contributed by atoms with E-state index < -0.39 is 11.6 Å². The summed E-state index contributed by atoms with van der Waals surface area (Å²) < 4.78 is 30.0. The molecule has 0 aliphatic heterocycles. The van der Waals surface area contributed by atoms with Crippen LogP contribution in [0.3, 0.4) is 0 Å². The van der Waals surface area contributed by atoms with Crippen LogP contribution < -0.4 is 0 Å². The lowest BCUT2D eigenvalue weighted by molar-refractivity contribution is 0.566. The summed E-state index contributed by atoms with van der Waals surface area (Å²) in [7, 11) is 0. The minimum Gasteiger partial charge on any atom is -0.274 e. The first-order valence-corrected chi connectivity index (χ1v) is 10.2. The fourth-order valence-electron chi connectivity index (χ4n) is 3.12. The SMILES string of the molecule is Cc1cccc(-n2c(Cc3ccccc3)nnc2SCc2c(F)cccc2F)c1. The second-order valence-corrected chi connectivity index (χ2v) is 7.67. The average molecular weight is 407 g/mol. The normalized spacial score (nSPS) is 11.0. The molecule has 6 heteroatoms. The van der Waals surface area contributed by atoms with Crippen LogP contribution in [-0.4, -0.2) is 14.8 Å². The van der Waals surface area contributed by atoms with Crippen molar-refractivity contribution in [3.05, 3.63) is 107 Å². The lowest BCUT2D eigenvalue weighted by atomic mass is 10.1. The van der Waals surface area contributed by atoms with Crippen LogP contribution in [0, 0.1) is 18.6 Å². The largest absolute Gasteiger partial charge is 0.274 e. The Morgan fingerprint density at radius 2 is 1.59 bits per heavy atom. The number of aromatic nitrogens is 3. The van der Waals surface area contributed by atoms with Crippen LogP contribution in [0.15, 0.2) is 78.0 Å². The monoisotopic (exact) mass is 407 g/mol. The van der Waals surface area contributed by atoms with Crippen molar-refractivity contribution < 1.29 is 8.78 Å². The Bertz CT molecular complexity index is 1110. The predicted molar refractivity (Wildman–Crippen MR) is 111 cm³/mol. The summed E-state index contributed by atoms with van der Waals surface area (Å²) in [6.45, 7) is 2.02. The van der Waals surface area contributed by atoms with E-state index in [1.807, 2.05) is 66.1 Å². The molecule has 4 rings (SSSR count). The highest BCUT2D eigenvalue weighted by Crippen LogP contribution is 2.28. The molecule has 0 fully saturated rings. The molecule has 1 aromatic heterocycles. The molecule has 0 saturated heterocycles. The lowest BCUT2D eigenvalue weighted by Crippen LogP contribution is -2.04. The third kappa shape index (κ3) is 4.38. The van der Waals surface area contributed by atoms with Gasteiger partial charge in [0.2, 0.25) is 0 Å². The van der Waals surface area contributed by atoms with Gasteiger partial charge in [0.15, 0.2) is 5.16 Å². The van der Waals surface area contributed by atoms with Gasteiger partial charge in [0.1, 0.15) is 17.5 Å². The van der Waals surface area contributed by atoms with Crippen LogP contribution in [-0.2, 0) is 12.2 Å². The molecule has 0 radical (unpaired) electrons. The first-order valence-electron chi connectivity index (χ1n) is 9.23. The Hall–Kier alpha value is -2.99. The van der Waals surface area contributed by atoms with E-state index >= 15 is 0 Å². The van der Waals surface area contributed by atoms with Gasteiger partial charge in [-0.05, 0) is 42.3 Å². The van der Waals surface area contributed by atoms with Gasteiger partial charge in [-0.3, -0.25) is 4.57 Å². The quantitative estimate of drug-likeness (QED) is 0.382. The summed E-state index contributed by atoms with van der Waals surface area (Å²) in [4.78, 5) is 0. The van der Waals surface area contributed by atoms with Gasteiger partial charge >= 0.3 is 0 Å². The van der Waals surface area contributed by atoms with E-state index in [4.69, 9.17) is 0 Å². The molecule has 0 spiro atoms. The van der Waals surface area contributed by atoms with Crippen molar-refractivity contribution in [2.24, 2.45) is 0 Å². The lowest BCUT2D eigenvalue weighted by Gasteiger charge is -2.11. The molecule has 0 aliphatic rings. The number of rotatable bonds is 6. The molecule has 3 nitrogen and oxygen atoms in total. The van der Waals surface area contributed by atoms with E-state index in [1.165, 1.54) is 30.0 Å². The number of benzene rings is 3. The number of hydrogen-bond donors (Lipinski definition) is 0. The van der Waals surface area contributed by atoms with Gasteiger partial charge < -0.3 is 0 Å². The van der Waals surface area contributed by atoms with Gasteiger partial charge in [-0.1, -0.05) is 60.3 Å². The fraction of sp³-hybridized carbons (Fsp3) is 0.130. The summed E-state index contributed by atoms with van der Waals surface area (Å²) in [6.07, 6.45) is 0.608. The van der Waals surface area contributed by atoms with Crippen molar-refractivity contribution in [1.29, 1.82) is 0 Å². The summed E-state index contributed by atoms with van der Waals surface area (Å²) in [6, 6.07) is 22.0. The van der Waals surface area contributed by atoms with Crippen LogP contribution in [0.5, 0.6) is 0 Å². The van der Waals surface area contributed by atoms with E-state index in [1.54, 1.807) is 0 Å². The Balaban J connectivity index is 1.70. The molecule has 3 aromatic carbocycles. The minimum absolute atomic E-state index is 0.0425. The molecule has 0 amide bonds. The zero-order chi connectivity index (χ0) is 20.2. The van der Waals surface area contributed by atoms with Crippen LogP contribution in [0.4, 0.5) is 8.78 Å². The number of thioether (sulfide) groups is 1. The van der Waals surface area contributed by atoms with Crippen molar-refractivity contribution >= 4 is 11.8 Å². The number of halogens is 2. The molecule has 146 valence electrons. The third-order valence-corrected chi connectivity index (χ3v) is 5.53. The Kier molecular flexibility index (Phi) is 5.71. The van der Waals surface area contributed by atoms with Crippen LogP contribution in [0.1, 0.15) is 22.5 Å². The zero-order valence-corrected chi connectivity index (χ0v) is 16.7. The molecule has 0 bridgehead atoms. The van der Waals surface area contributed by atoms with Gasteiger partial charge in [-0.2, -0.15) is 0 Å². The van der Waals surface area contributed by atoms with Crippen LogP contribution in [0.2, 0.25) is 0 Å². The summed E-state index contributed by atoms with van der Waals surface area (Å²) in [5.74, 6) is -0.195. The second kappa shape index (κ2) is 8.57. The van der Waals surface area contributed by atoms with E-state index in [2.05, 4.69) is 10.2 Å². The van der Waals surface area contributed by atoms with Crippen molar-refractivity contribution in [2.45, 2.75) is 24.3 Å². The van der Waals surface area contributed by atoms with Gasteiger partial charge in [-0.25, -0.2) is 8.78 Å². The fourth-order valence-corrected chi connectivity index (χ4v) is 4.11. The highest BCUT2D eigenvalue weighted by Gasteiger charge is 2.17. The van der Waals surface area contributed by atoms with Crippen molar-refractivity contribution in [2.75, 3.05) is 0 Å². The van der Waals surface area contributed by atoms with Gasteiger partial charge in [-0.15, -0.1) is 10.2 Å². The maximum atomic E-state index is 14.0. The van der Waals surface area contributed by atoms with Crippen molar-refractivity contribution in [3.8, 4) is 5.69 Å². The molecule has 0 N–H and O–H groups in total. The minimum atomic E-state index is -0.552. The van der Waals surface area contributed by atoms with E-state index in [9.17, 15) is 8.78 Å². The van der Waals surface area contributed by atoms with Crippen LogP contribution in [0.25, 0.3) is 5.69 Å². The average Bonchev–Trinajstić information content (AvgIpc) is 3.11. The maximum absolute atomic E-state index is 14.0. The van der Waals surface area contributed by atoms with Crippen molar-refractivity contribution in [1.82, 2.24) is 14.8 Å². The van der Waals surface area contributed by atoms with E-state index in [-0.39, 0.29) is 11.3 Å². The van der Waals surface area contributed by atoms with Gasteiger partial charge in [0.05, 0.1) is 0 Å². The van der Waals surface area contributed by atoms with Gasteiger partial charge in [0, 0.05) is 23.4 Å². The number of aryl methyl sites for hydroxylation is 1. The maximum Gasteiger partial charge on any atom is 0.196 e. The molecule has 1 heterocycles. The molecule has 29 heavy (non-hydrogen) atoms. The first kappa shape index (κ1) is 19.3. The Labute approximate surface area is 172 Å². The molecule has 0 aliphatic carbocycles. The third-order valence-electron chi connectivity index (χ3n) is 4.57. The highest BCUT2D eigenvalue weighted by molar-refractivity contribution is 7.98.